The van der Waals surface area contributed by atoms with Gasteiger partial charge in [-0.1, -0.05) is 42.8 Å². The maximum Gasteiger partial charge on any atom is 0.411 e. The van der Waals surface area contributed by atoms with E-state index >= 15 is 0 Å². The molecule has 0 fully saturated rings. The molecule has 2 aromatic carbocycles. The van der Waals surface area contributed by atoms with Crippen molar-refractivity contribution in [3.63, 3.8) is 0 Å². The van der Waals surface area contributed by atoms with E-state index in [9.17, 15) is 9.59 Å². The number of imidazole rings is 1. The lowest BCUT2D eigenvalue weighted by molar-refractivity contribution is -0.136. The molecule has 8 nitrogen and oxygen atoms in total. The first-order chi connectivity index (χ1) is 15.4. The number of methoxy groups -OCH3 is 1. The zero-order valence-corrected chi connectivity index (χ0v) is 18.8. The molecule has 0 atom stereocenters. The number of carboxylic acid groups (broad SMARTS) is 1. The van der Waals surface area contributed by atoms with Crippen LogP contribution in [0.2, 0.25) is 10.0 Å². The number of halogens is 2. The van der Waals surface area contributed by atoms with Crippen LogP contribution in [0, 0.1) is 0 Å². The van der Waals surface area contributed by atoms with Crippen molar-refractivity contribution in [2.45, 2.75) is 26.8 Å². The topological polar surface area (TPSA) is 108 Å². The van der Waals surface area contributed by atoms with E-state index in [1.807, 2.05) is 18.3 Å². The second-order valence-corrected chi connectivity index (χ2v) is 7.87. The van der Waals surface area contributed by atoms with Gasteiger partial charge in [0.25, 0.3) is 0 Å². The number of carboxylic acids is 1. The van der Waals surface area contributed by atoms with Crippen molar-refractivity contribution >= 4 is 46.6 Å². The van der Waals surface area contributed by atoms with E-state index in [4.69, 9.17) is 28.3 Å². The quantitative estimate of drug-likeness (QED) is 0.439. The van der Waals surface area contributed by atoms with E-state index < -0.39 is 12.1 Å². The molecule has 2 heterocycles. The smallest absolute Gasteiger partial charge is 0.411 e. The van der Waals surface area contributed by atoms with E-state index in [0.29, 0.717) is 15.7 Å². The first-order valence-corrected chi connectivity index (χ1v) is 10.5. The van der Waals surface area contributed by atoms with Crippen LogP contribution in [0.1, 0.15) is 24.2 Å². The van der Waals surface area contributed by atoms with Gasteiger partial charge in [-0.05, 0) is 41.8 Å². The van der Waals surface area contributed by atoms with Gasteiger partial charge in [-0.3, -0.25) is 10.1 Å². The largest absolute Gasteiger partial charge is 0.481 e. The second kappa shape index (κ2) is 12.1. The Balaban J connectivity index is 0.000000274. The summed E-state index contributed by atoms with van der Waals surface area (Å²) in [6.45, 7) is 1.65. The number of anilines is 2. The van der Waals surface area contributed by atoms with Gasteiger partial charge in [-0.15, -0.1) is 0 Å². The predicted octanol–water partition coefficient (Wildman–Crippen LogP) is 5.41. The molecular weight excluding hydrogens is 467 g/mol. The summed E-state index contributed by atoms with van der Waals surface area (Å²) in [5.41, 5.74) is 4.57. The summed E-state index contributed by atoms with van der Waals surface area (Å²) < 4.78 is 4.61. The lowest BCUT2D eigenvalue weighted by Gasteiger charge is -2.19. The first kappa shape index (κ1) is 26.0. The van der Waals surface area contributed by atoms with Crippen molar-refractivity contribution < 1.29 is 19.4 Å². The minimum atomic E-state index is -0.840. The van der Waals surface area contributed by atoms with Gasteiger partial charge in [0.15, 0.2) is 0 Å². The number of hydrogen-bond donors (Lipinski definition) is 3. The summed E-state index contributed by atoms with van der Waals surface area (Å²) >= 11 is 11.8. The minimum Gasteiger partial charge on any atom is -0.481 e. The number of nitrogens with one attached hydrogen (secondary N) is 2. The van der Waals surface area contributed by atoms with Crippen molar-refractivity contribution in [1.29, 1.82) is 0 Å². The van der Waals surface area contributed by atoms with Crippen molar-refractivity contribution in [2.75, 3.05) is 23.9 Å². The summed E-state index contributed by atoms with van der Waals surface area (Å²) in [5.74, 6) is -0.840. The van der Waals surface area contributed by atoms with Gasteiger partial charge in [0, 0.05) is 23.5 Å². The highest BCUT2D eigenvalue weighted by atomic mass is 35.5. The van der Waals surface area contributed by atoms with Gasteiger partial charge in [0.2, 0.25) is 0 Å². The van der Waals surface area contributed by atoms with Crippen molar-refractivity contribution in [1.82, 2.24) is 9.97 Å². The first-order valence-electron chi connectivity index (χ1n) is 9.71. The van der Waals surface area contributed by atoms with Crippen LogP contribution in [0.3, 0.4) is 0 Å². The van der Waals surface area contributed by atoms with Crippen molar-refractivity contribution in [3.05, 3.63) is 75.8 Å². The molecule has 1 amide bonds. The van der Waals surface area contributed by atoms with Gasteiger partial charge < -0.3 is 19.7 Å². The maximum absolute atomic E-state index is 11.4. The second-order valence-electron chi connectivity index (χ2n) is 7.03. The van der Waals surface area contributed by atoms with Crippen LogP contribution < -0.4 is 10.2 Å². The van der Waals surface area contributed by atoms with Crippen LogP contribution in [0.15, 0.2) is 48.9 Å². The SMILES string of the molecule is C.COC(=O)Nc1cc2c(cc1Cl)CCN2Cc1cnc[nH]1.O=C(O)Cc1cccc(Cl)c1. The molecule has 1 aliphatic heterocycles. The number of benzene rings is 2. The van der Waals surface area contributed by atoms with Gasteiger partial charge in [-0.2, -0.15) is 0 Å². The highest BCUT2D eigenvalue weighted by Crippen LogP contribution is 2.36. The van der Waals surface area contributed by atoms with E-state index in [1.54, 1.807) is 30.6 Å². The summed E-state index contributed by atoms with van der Waals surface area (Å²) in [6.07, 6.45) is 3.90. The highest BCUT2D eigenvalue weighted by molar-refractivity contribution is 6.34. The molecule has 1 aliphatic rings. The van der Waals surface area contributed by atoms with Gasteiger partial charge in [0.1, 0.15) is 0 Å². The number of aromatic amines is 1. The average molecular weight is 493 g/mol. The number of rotatable bonds is 5. The third-order valence-electron chi connectivity index (χ3n) is 4.74. The number of aliphatic carboxylic acids is 1. The van der Waals surface area contributed by atoms with Gasteiger partial charge >= 0.3 is 12.1 Å². The number of amides is 1. The Morgan fingerprint density at radius 1 is 1.27 bits per heavy atom. The molecule has 0 bridgehead atoms. The number of fused-ring (bicyclic) bond motifs is 1. The Morgan fingerprint density at radius 3 is 2.70 bits per heavy atom. The minimum absolute atomic E-state index is 0. The van der Waals surface area contributed by atoms with E-state index in [0.717, 1.165) is 36.5 Å². The summed E-state index contributed by atoms with van der Waals surface area (Å²) in [7, 11) is 1.32. The molecule has 4 rings (SSSR count). The summed E-state index contributed by atoms with van der Waals surface area (Å²) in [6, 6.07) is 10.6. The number of carbonyl (C=O) groups excluding carboxylic acids is 1. The fourth-order valence-electron chi connectivity index (χ4n) is 3.29. The monoisotopic (exact) mass is 492 g/mol. The molecule has 10 heteroatoms. The van der Waals surface area contributed by atoms with Crippen molar-refractivity contribution in [3.8, 4) is 0 Å². The number of H-pyrrole nitrogens is 1. The molecule has 3 aromatic rings. The highest BCUT2D eigenvalue weighted by Gasteiger charge is 2.22. The standard InChI is InChI=1S/C14H15ClN4O2.C8H7ClO2.CH4/c1-21-14(20)18-12-5-13-9(4-11(12)15)2-3-19(13)7-10-6-16-8-17-10;9-7-3-1-2-6(4-7)5-8(10)11;/h4-6,8H,2-3,7H2,1H3,(H,16,17)(H,18,20);1-4H,5H2,(H,10,11);1H4. The summed E-state index contributed by atoms with van der Waals surface area (Å²) in [4.78, 5) is 30.9. The molecule has 3 N–H and O–H groups in total. The Hall–Kier alpha value is -3.23. The van der Waals surface area contributed by atoms with Crippen LogP contribution in [0.25, 0.3) is 0 Å². The third-order valence-corrected chi connectivity index (χ3v) is 5.29. The predicted molar refractivity (Wildman–Crippen MR) is 130 cm³/mol. The Kier molecular flexibility index (Phi) is 9.57. The lowest BCUT2D eigenvalue weighted by atomic mass is 10.1. The maximum atomic E-state index is 11.4. The summed E-state index contributed by atoms with van der Waals surface area (Å²) in [5, 5.41) is 12.1. The lowest BCUT2D eigenvalue weighted by Crippen LogP contribution is -2.20. The number of aromatic nitrogens is 2. The van der Waals surface area contributed by atoms with Crippen molar-refractivity contribution in [2.24, 2.45) is 0 Å². The Bertz CT molecular complexity index is 1090. The molecule has 1 aromatic heterocycles. The van der Waals surface area contributed by atoms with Crippen LogP contribution in [-0.2, 0) is 28.9 Å². The van der Waals surface area contributed by atoms with Crippen LogP contribution in [0.5, 0.6) is 0 Å². The molecule has 0 radical (unpaired) electrons. The Labute approximate surface area is 202 Å². The molecule has 33 heavy (non-hydrogen) atoms. The molecule has 0 spiro atoms. The molecule has 0 saturated heterocycles. The normalized spacial score (nSPS) is 11.5. The van der Waals surface area contributed by atoms with Gasteiger partial charge in [0.05, 0.1) is 42.8 Å². The number of ether oxygens (including phenoxy) is 1. The molecular formula is C23H26Cl2N4O4. The number of carbonyl (C=O) groups is 2. The Morgan fingerprint density at radius 2 is 2.06 bits per heavy atom. The van der Waals surface area contributed by atoms with Crippen LogP contribution in [0.4, 0.5) is 16.2 Å². The van der Waals surface area contributed by atoms with Gasteiger partial charge in [-0.25, -0.2) is 9.78 Å². The van der Waals surface area contributed by atoms with Crippen LogP contribution >= 0.6 is 23.2 Å². The average Bonchev–Trinajstić information content (AvgIpc) is 3.39. The number of nitrogens with zero attached hydrogens (tertiary/aromatic N) is 2. The fraction of sp³-hybridized carbons (Fsp3) is 0.261. The number of hydrogen-bond acceptors (Lipinski definition) is 5. The molecule has 0 aliphatic carbocycles. The van der Waals surface area contributed by atoms with E-state index in [1.165, 1.54) is 12.7 Å². The molecule has 176 valence electrons. The fourth-order valence-corrected chi connectivity index (χ4v) is 3.74. The third kappa shape index (κ3) is 7.40. The molecule has 0 saturated carbocycles. The molecule has 0 unspecified atom stereocenters. The van der Waals surface area contributed by atoms with Crippen LogP contribution in [-0.4, -0.2) is 40.8 Å². The van der Waals surface area contributed by atoms with E-state index in [-0.39, 0.29) is 13.8 Å². The zero-order valence-electron chi connectivity index (χ0n) is 17.3. The van der Waals surface area contributed by atoms with E-state index in [2.05, 4.69) is 24.9 Å². The zero-order chi connectivity index (χ0) is 23.1.